The first-order valence-corrected chi connectivity index (χ1v) is 13.9. The summed E-state index contributed by atoms with van der Waals surface area (Å²) in [5, 5.41) is 2.88. The van der Waals surface area contributed by atoms with Gasteiger partial charge in [0.05, 0.1) is 17.7 Å². The van der Waals surface area contributed by atoms with E-state index in [9.17, 15) is 18.0 Å². The molecule has 0 fully saturated rings. The van der Waals surface area contributed by atoms with E-state index in [1.807, 2.05) is 44.2 Å². The van der Waals surface area contributed by atoms with E-state index in [0.717, 1.165) is 9.87 Å². The highest BCUT2D eigenvalue weighted by Crippen LogP contribution is 2.25. The lowest BCUT2D eigenvalue weighted by Crippen LogP contribution is -2.51. The molecule has 38 heavy (non-hydrogen) atoms. The number of benzene rings is 3. The average molecular weight is 538 g/mol. The summed E-state index contributed by atoms with van der Waals surface area (Å²) >= 11 is 0. The van der Waals surface area contributed by atoms with Crippen LogP contribution < -0.4 is 14.4 Å². The largest absolute Gasteiger partial charge is 0.497 e. The molecule has 1 atom stereocenters. The fraction of sp³-hybridized carbons (Fsp3) is 0.310. The van der Waals surface area contributed by atoms with Gasteiger partial charge in [0.15, 0.2) is 0 Å². The minimum absolute atomic E-state index is 0.0206. The molecule has 9 heteroatoms. The Balaban J connectivity index is 1.97. The SMILES string of the molecule is COc1ccc(S(=O)(=O)N(CC(=O)N(Cc2ccccc2)[C@@H](C)C(=O)NCC(C)C)c2ccccc2)cc1. The first kappa shape index (κ1) is 28.7. The number of nitrogens with one attached hydrogen (secondary N) is 1. The van der Waals surface area contributed by atoms with Crippen LogP contribution in [0.4, 0.5) is 5.69 Å². The molecular formula is C29H35N3O5S. The van der Waals surface area contributed by atoms with Gasteiger partial charge < -0.3 is 15.0 Å². The molecule has 1 N–H and O–H groups in total. The number of nitrogens with zero attached hydrogens (tertiary/aromatic N) is 2. The van der Waals surface area contributed by atoms with Crippen LogP contribution in [0.5, 0.6) is 5.75 Å². The molecule has 0 aromatic heterocycles. The third-order valence-electron chi connectivity index (χ3n) is 6.02. The molecule has 8 nitrogen and oxygen atoms in total. The molecule has 0 unspecified atom stereocenters. The van der Waals surface area contributed by atoms with E-state index in [1.165, 1.54) is 24.1 Å². The van der Waals surface area contributed by atoms with Crippen molar-refractivity contribution in [3.8, 4) is 5.75 Å². The van der Waals surface area contributed by atoms with Crippen molar-refractivity contribution < 1.29 is 22.7 Å². The highest BCUT2D eigenvalue weighted by atomic mass is 32.2. The molecule has 0 aliphatic carbocycles. The number of hydrogen-bond acceptors (Lipinski definition) is 5. The van der Waals surface area contributed by atoms with E-state index < -0.39 is 28.5 Å². The van der Waals surface area contributed by atoms with Crippen molar-refractivity contribution in [3.63, 3.8) is 0 Å². The fourth-order valence-electron chi connectivity index (χ4n) is 3.81. The molecule has 0 saturated carbocycles. The van der Waals surface area contributed by atoms with Crippen molar-refractivity contribution >= 4 is 27.5 Å². The third kappa shape index (κ3) is 7.35. The van der Waals surface area contributed by atoms with Crippen molar-refractivity contribution in [2.75, 3.05) is 24.5 Å². The topological polar surface area (TPSA) is 96.0 Å². The van der Waals surface area contributed by atoms with Crippen molar-refractivity contribution in [2.45, 2.75) is 38.3 Å². The number of rotatable bonds is 12. The van der Waals surface area contributed by atoms with Crippen LogP contribution in [0.2, 0.25) is 0 Å². The molecule has 2 amide bonds. The number of para-hydroxylation sites is 1. The van der Waals surface area contributed by atoms with Crippen molar-refractivity contribution in [1.82, 2.24) is 10.2 Å². The third-order valence-corrected chi connectivity index (χ3v) is 7.81. The van der Waals surface area contributed by atoms with Crippen molar-refractivity contribution in [3.05, 3.63) is 90.5 Å². The van der Waals surface area contributed by atoms with Gasteiger partial charge in [-0.25, -0.2) is 8.42 Å². The van der Waals surface area contributed by atoms with Crippen LogP contribution in [-0.2, 0) is 26.2 Å². The predicted octanol–water partition coefficient (Wildman–Crippen LogP) is 4.08. The summed E-state index contributed by atoms with van der Waals surface area (Å²) in [4.78, 5) is 28.2. The van der Waals surface area contributed by atoms with Gasteiger partial charge >= 0.3 is 0 Å². The Kier molecular flexibility index (Phi) is 9.90. The Bertz CT molecular complexity index is 1300. The first-order chi connectivity index (χ1) is 18.1. The lowest BCUT2D eigenvalue weighted by Gasteiger charge is -2.32. The van der Waals surface area contributed by atoms with Gasteiger partial charge in [0, 0.05) is 13.1 Å². The van der Waals surface area contributed by atoms with E-state index in [0.29, 0.717) is 18.0 Å². The number of sulfonamides is 1. The van der Waals surface area contributed by atoms with Gasteiger partial charge in [-0.1, -0.05) is 62.4 Å². The smallest absolute Gasteiger partial charge is 0.264 e. The molecule has 0 heterocycles. The van der Waals surface area contributed by atoms with Gasteiger partial charge in [0.25, 0.3) is 10.0 Å². The summed E-state index contributed by atoms with van der Waals surface area (Å²) < 4.78 is 33.8. The van der Waals surface area contributed by atoms with E-state index in [1.54, 1.807) is 49.4 Å². The standard InChI is InChI=1S/C29H35N3O5S/c1-22(2)19-30-29(34)23(3)31(20-24-11-7-5-8-12-24)28(33)21-32(25-13-9-6-10-14-25)38(35,36)27-17-15-26(37-4)16-18-27/h5-18,22-23H,19-21H2,1-4H3,(H,30,34)/t23-/m0/s1. The molecule has 0 radical (unpaired) electrons. The predicted molar refractivity (Wildman–Crippen MR) is 148 cm³/mol. The molecule has 202 valence electrons. The van der Waals surface area contributed by atoms with Gasteiger partial charge in [-0.15, -0.1) is 0 Å². The number of amides is 2. The summed E-state index contributed by atoms with van der Waals surface area (Å²) in [7, 11) is -2.62. The number of carbonyl (C=O) groups excluding carboxylic acids is 2. The zero-order valence-electron chi connectivity index (χ0n) is 22.2. The summed E-state index contributed by atoms with van der Waals surface area (Å²) in [6.45, 7) is 5.77. The van der Waals surface area contributed by atoms with E-state index in [4.69, 9.17) is 4.74 Å². The Morgan fingerprint density at radius 2 is 1.45 bits per heavy atom. The maximum Gasteiger partial charge on any atom is 0.264 e. The van der Waals surface area contributed by atoms with Gasteiger partial charge in [0.1, 0.15) is 18.3 Å². The Morgan fingerprint density at radius 3 is 2.00 bits per heavy atom. The van der Waals surface area contributed by atoms with Gasteiger partial charge in [-0.05, 0) is 54.8 Å². The van der Waals surface area contributed by atoms with E-state index in [-0.39, 0.29) is 23.3 Å². The molecule has 0 aliphatic rings. The zero-order valence-corrected chi connectivity index (χ0v) is 23.0. The van der Waals surface area contributed by atoms with Gasteiger partial charge in [-0.3, -0.25) is 13.9 Å². The summed E-state index contributed by atoms with van der Waals surface area (Å²) in [6, 6.07) is 22.9. The molecule has 0 bridgehead atoms. The lowest BCUT2D eigenvalue weighted by molar-refractivity contribution is -0.139. The van der Waals surface area contributed by atoms with Crippen LogP contribution in [0.3, 0.4) is 0 Å². The molecule has 0 saturated heterocycles. The van der Waals surface area contributed by atoms with Crippen LogP contribution in [0.1, 0.15) is 26.3 Å². The first-order valence-electron chi connectivity index (χ1n) is 12.5. The van der Waals surface area contributed by atoms with Crippen LogP contribution >= 0.6 is 0 Å². The minimum Gasteiger partial charge on any atom is -0.497 e. The second-order valence-electron chi connectivity index (χ2n) is 9.34. The summed E-state index contributed by atoms with van der Waals surface area (Å²) in [6.07, 6.45) is 0. The summed E-state index contributed by atoms with van der Waals surface area (Å²) in [5.74, 6) is -0.0385. The molecule has 3 aromatic carbocycles. The van der Waals surface area contributed by atoms with Crippen LogP contribution in [0.25, 0.3) is 0 Å². The monoisotopic (exact) mass is 537 g/mol. The zero-order chi connectivity index (χ0) is 27.7. The van der Waals surface area contributed by atoms with Gasteiger partial charge in [-0.2, -0.15) is 0 Å². The quantitative estimate of drug-likeness (QED) is 0.376. The summed E-state index contributed by atoms with van der Waals surface area (Å²) in [5.41, 5.74) is 1.17. The number of anilines is 1. The second kappa shape index (κ2) is 13.1. The normalized spacial score (nSPS) is 12.0. The number of hydrogen-bond donors (Lipinski definition) is 1. The van der Waals surface area contributed by atoms with Crippen LogP contribution in [0, 0.1) is 5.92 Å². The van der Waals surface area contributed by atoms with Crippen LogP contribution in [0.15, 0.2) is 89.8 Å². The number of carbonyl (C=O) groups is 2. The fourth-order valence-corrected chi connectivity index (χ4v) is 5.23. The van der Waals surface area contributed by atoms with E-state index in [2.05, 4.69) is 5.32 Å². The van der Waals surface area contributed by atoms with Gasteiger partial charge in [0.2, 0.25) is 11.8 Å². The number of ether oxygens (including phenoxy) is 1. The lowest BCUT2D eigenvalue weighted by atomic mass is 10.1. The molecule has 3 rings (SSSR count). The van der Waals surface area contributed by atoms with E-state index >= 15 is 0 Å². The highest BCUT2D eigenvalue weighted by molar-refractivity contribution is 7.92. The molecule has 0 aliphatic heterocycles. The van der Waals surface area contributed by atoms with Crippen molar-refractivity contribution in [2.24, 2.45) is 5.92 Å². The molecule has 3 aromatic rings. The minimum atomic E-state index is -4.12. The molecular weight excluding hydrogens is 502 g/mol. The molecule has 0 spiro atoms. The van der Waals surface area contributed by atoms with Crippen LogP contribution in [-0.4, -0.2) is 51.4 Å². The van der Waals surface area contributed by atoms with Crippen molar-refractivity contribution in [1.29, 1.82) is 0 Å². The Labute approximate surface area is 225 Å². The maximum absolute atomic E-state index is 13.8. The Hall–Kier alpha value is -3.85. The average Bonchev–Trinajstić information content (AvgIpc) is 2.93. The maximum atomic E-state index is 13.8. The highest BCUT2D eigenvalue weighted by Gasteiger charge is 2.32. The number of methoxy groups -OCH3 is 1. The Morgan fingerprint density at radius 1 is 0.868 bits per heavy atom. The second-order valence-corrected chi connectivity index (χ2v) is 11.2.